The van der Waals surface area contributed by atoms with Gasteiger partial charge in [0, 0.05) is 17.8 Å². The molecule has 2 heterocycles. The number of benzene rings is 1. The predicted molar refractivity (Wildman–Crippen MR) is 110 cm³/mol. The van der Waals surface area contributed by atoms with Crippen LogP contribution in [0.5, 0.6) is 5.75 Å². The second kappa shape index (κ2) is 8.41. The number of fused-ring (bicyclic) bond motifs is 1. The van der Waals surface area contributed by atoms with Crippen molar-refractivity contribution < 1.29 is 17.9 Å². The van der Waals surface area contributed by atoms with Gasteiger partial charge >= 0.3 is 0 Å². The fraction of sp³-hybridized carbons (Fsp3) is 0.350. The Balaban J connectivity index is 1.53. The molecule has 0 atom stereocenters. The van der Waals surface area contributed by atoms with Crippen LogP contribution in [0.3, 0.4) is 0 Å². The molecule has 1 aromatic carbocycles. The molecule has 3 aromatic rings. The first-order valence-corrected chi connectivity index (χ1v) is 11.2. The van der Waals surface area contributed by atoms with E-state index in [1.807, 2.05) is 24.4 Å². The Labute approximate surface area is 174 Å². The van der Waals surface area contributed by atoms with Gasteiger partial charge in [0.05, 0.1) is 13.7 Å². The number of nitrogens with zero attached hydrogens (tertiary/aromatic N) is 3. The number of aromatic nitrogens is 3. The molecule has 30 heavy (non-hydrogen) atoms. The summed E-state index contributed by atoms with van der Waals surface area (Å²) in [5.74, 6) is 0.353. The molecule has 1 aliphatic rings. The Kier molecular flexibility index (Phi) is 5.69. The van der Waals surface area contributed by atoms with E-state index in [2.05, 4.69) is 20.2 Å². The molecule has 1 amide bonds. The largest absolute Gasteiger partial charge is 0.495 e. The number of amides is 1. The van der Waals surface area contributed by atoms with Gasteiger partial charge in [-0.2, -0.15) is 0 Å². The van der Waals surface area contributed by atoms with Crippen LogP contribution in [-0.4, -0.2) is 42.1 Å². The number of hydrogen-bond donors (Lipinski definition) is 2. The van der Waals surface area contributed by atoms with Crippen LogP contribution in [0.25, 0.3) is 5.65 Å². The van der Waals surface area contributed by atoms with E-state index in [0.717, 1.165) is 25.7 Å². The van der Waals surface area contributed by atoms with Crippen molar-refractivity contribution in [1.82, 2.24) is 24.6 Å². The van der Waals surface area contributed by atoms with Crippen LogP contribution >= 0.6 is 0 Å². The third-order valence-corrected chi connectivity index (χ3v) is 6.73. The van der Waals surface area contributed by atoms with Crippen LogP contribution in [0.1, 0.15) is 41.9 Å². The third kappa shape index (κ3) is 4.14. The van der Waals surface area contributed by atoms with Gasteiger partial charge in [0.1, 0.15) is 10.6 Å². The normalized spacial score (nSPS) is 14.8. The lowest BCUT2D eigenvalue weighted by molar-refractivity contribution is 0.0949. The first-order valence-electron chi connectivity index (χ1n) is 9.75. The van der Waals surface area contributed by atoms with Gasteiger partial charge < -0.3 is 10.1 Å². The van der Waals surface area contributed by atoms with E-state index >= 15 is 0 Å². The van der Waals surface area contributed by atoms with Gasteiger partial charge in [-0.15, -0.1) is 10.2 Å². The third-order valence-electron chi connectivity index (χ3n) is 5.18. The summed E-state index contributed by atoms with van der Waals surface area (Å²) in [6.07, 6.45) is 5.44. The molecule has 0 aliphatic heterocycles. The topological polar surface area (TPSA) is 115 Å². The molecule has 2 aromatic heterocycles. The molecular weight excluding hydrogens is 406 g/mol. The summed E-state index contributed by atoms with van der Waals surface area (Å²) in [6.45, 7) is 0.151. The van der Waals surface area contributed by atoms with Gasteiger partial charge in [-0.05, 0) is 43.2 Å². The molecule has 1 aliphatic carbocycles. The number of ether oxygens (including phenoxy) is 1. The summed E-state index contributed by atoms with van der Waals surface area (Å²) in [6, 6.07) is 9.79. The molecule has 158 valence electrons. The Bertz CT molecular complexity index is 1170. The van der Waals surface area contributed by atoms with Gasteiger partial charge in [0.15, 0.2) is 11.5 Å². The molecule has 0 radical (unpaired) electrons. The predicted octanol–water partition coefficient (Wildman–Crippen LogP) is 1.89. The van der Waals surface area contributed by atoms with Crippen LogP contribution in [0, 0.1) is 0 Å². The van der Waals surface area contributed by atoms with Crippen LogP contribution in [0.4, 0.5) is 0 Å². The van der Waals surface area contributed by atoms with E-state index in [1.54, 1.807) is 4.40 Å². The minimum Gasteiger partial charge on any atom is -0.495 e. The average molecular weight is 430 g/mol. The first-order chi connectivity index (χ1) is 14.5. The summed E-state index contributed by atoms with van der Waals surface area (Å²) >= 11 is 0. The van der Waals surface area contributed by atoms with E-state index in [1.165, 1.54) is 25.3 Å². The number of sulfonamides is 1. The second-order valence-electron chi connectivity index (χ2n) is 7.20. The van der Waals surface area contributed by atoms with E-state index in [-0.39, 0.29) is 28.8 Å². The lowest BCUT2D eigenvalue weighted by Crippen LogP contribution is -2.33. The van der Waals surface area contributed by atoms with Crippen molar-refractivity contribution in [1.29, 1.82) is 0 Å². The number of carbonyl (C=O) groups excluding carboxylic acids is 1. The second-order valence-corrected chi connectivity index (χ2v) is 8.88. The molecular formula is C20H23N5O4S. The molecule has 2 N–H and O–H groups in total. The fourth-order valence-electron chi connectivity index (χ4n) is 3.63. The standard InChI is InChI=1S/C20H23N5O4S/c1-29-16-10-9-14(12-17(16)30(27,28)24-15-6-2-3-7-15)20(26)21-13-19-23-22-18-8-4-5-11-25(18)19/h4-5,8-12,15,24H,2-3,6-7,13H2,1H3,(H,21,26). The molecule has 4 rings (SSSR count). The minimum absolute atomic E-state index is 0.0440. The van der Waals surface area contributed by atoms with Crippen LogP contribution < -0.4 is 14.8 Å². The number of pyridine rings is 1. The Morgan fingerprint density at radius 1 is 1.20 bits per heavy atom. The van der Waals surface area contributed by atoms with Gasteiger partial charge in [0.2, 0.25) is 10.0 Å². The fourth-order valence-corrected chi connectivity index (χ4v) is 5.13. The van der Waals surface area contributed by atoms with Crippen molar-refractivity contribution in [3.63, 3.8) is 0 Å². The van der Waals surface area contributed by atoms with Crippen molar-refractivity contribution in [2.45, 2.75) is 43.2 Å². The van der Waals surface area contributed by atoms with Gasteiger partial charge in [-0.1, -0.05) is 18.9 Å². The maximum Gasteiger partial charge on any atom is 0.251 e. The maximum absolute atomic E-state index is 12.9. The summed E-state index contributed by atoms with van der Waals surface area (Å²) in [5, 5.41) is 10.9. The number of carbonyl (C=O) groups is 1. The van der Waals surface area contributed by atoms with E-state index in [9.17, 15) is 13.2 Å². The highest BCUT2D eigenvalue weighted by Gasteiger charge is 2.26. The maximum atomic E-state index is 12.9. The minimum atomic E-state index is -3.81. The summed E-state index contributed by atoms with van der Waals surface area (Å²) in [7, 11) is -2.41. The van der Waals surface area contributed by atoms with E-state index in [4.69, 9.17) is 4.74 Å². The van der Waals surface area contributed by atoms with Gasteiger partial charge in [-0.25, -0.2) is 13.1 Å². The molecule has 0 unspecified atom stereocenters. The molecule has 0 bridgehead atoms. The highest BCUT2D eigenvalue weighted by molar-refractivity contribution is 7.89. The molecule has 10 heteroatoms. The zero-order valence-electron chi connectivity index (χ0n) is 16.5. The lowest BCUT2D eigenvalue weighted by Gasteiger charge is -2.15. The van der Waals surface area contributed by atoms with E-state index in [0.29, 0.717) is 11.5 Å². The molecule has 0 saturated heterocycles. The highest BCUT2D eigenvalue weighted by atomic mass is 32.2. The van der Waals surface area contributed by atoms with Crippen molar-refractivity contribution >= 4 is 21.6 Å². The van der Waals surface area contributed by atoms with Crippen LogP contribution in [-0.2, 0) is 16.6 Å². The molecule has 1 fully saturated rings. The number of rotatable bonds is 7. The summed E-state index contributed by atoms with van der Waals surface area (Å²) < 4.78 is 35.5. The van der Waals surface area contributed by atoms with Crippen molar-refractivity contribution in [3.8, 4) is 5.75 Å². The van der Waals surface area contributed by atoms with Crippen molar-refractivity contribution in [2.24, 2.45) is 0 Å². The Morgan fingerprint density at radius 2 is 2.00 bits per heavy atom. The van der Waals surface area contributed by atoms with Crippen molar-refractivity contribution in [3.05, 3.63) is 54.0 Å². The smallest absolute Gasteiger partial charge is 0.251 e. The number of hydrogen-bond acceptors (Lipinski definition) is 6. The summed E-state index contributed by atoms with van der Waals surface area (Å²) in [4.78, 5) is 12.6. The van der Waals surface area contributed by atoms with E-state index < -0.39 is 15.9 Å². The number of methoxy groups -OCH3 is 1. The lowest BCUT2D eigenvalue weighted by atomic mass is 10.2. The summed E-state index contributed by atoms with van der Waals surface area (Å²) in [5.41, 5.74) is 0.897. The monoisotopic (exact) mass is 429 g/mol. The average Bonchev–Trinajstić information content (AvgIpc) is 3.41. The molecule has 0 spiro atoms. The zero-order chi connectivity index (χ0) is 21.1. The Hall–Kier alpha value is -2.98. The quantitative estimate of drug-likeness (QED) is 0.593. The first kappa shape index (κ1) is 20.3. The number of nitrogens with one attached hydrogen (secondary N) is 2. The van der Waals surface area contributed by atoms with Crippen molar-refractivity contribution in [2.75, 3.05) is 7.11 Å². The SMILES string of the molecule is COc1ccc(C(=O)NCc2nnc3ccccn23)cc1S(=O)(=O)NC1CCCC1. The molecule has 1 saturated carbocycles. The zero-order valence-corrected chi connectivity index (χ0v) is 17.4. The Morgan fingerprint density at radius 3 is 2.77 bits per heavy atom. The van der Waals surface area contributed by atoms with Gasteiger partial charge in [-0.3, -0.25) is 9.20 Å². The van der Waals surface area contributed by atoms with Crippen LogP contribution in [0.15, 0.2) is 47.5 Å². The van der Waals surface area contributed by atoms with Gasteiger partial charge in [0.25, 0.3) is 5.91 Å². The highest BCUT2D eigenvalue weighted by Crippen LogP contribution is 2.27. The van der Waals surface area contributed by atoms with Crippen LogP contribution in [0.2, 0.25) is 0 Å². The molecule has 9 nitrogen and oxygen atoms in total.